The van der Waals surface area contributed by atoms with E-state index in [9.17, 15) is 0 Å². The number of imidazole rings is 1. The number of hydrogen-bond donors (Lipinski definition) is 2. The minimum Gasteiger partial charge on any atom is -0.368 e. The van der Waals surface area contributed by atoms with Crippen molar-refractivity contribution in [3.05, 3.63) is 61.2 Å². The topological polar surface area (TPSA) is 97.3 Å². The average molecular weight is 386 g/mol. The third-order valence-electron chi connectivity index (χ3n) is 5.15. The molecule has 5 heterocycles. The number of anilines is 3. The second-order valence-electron chi connectivity index (χ2n) is 7.22. The van der Waals surface area contributed by atoms with Gasteiger partial charge in [-0.05, 0) is 43.2 Å². The quantitative estimate of drug-likeness (QED) is 0.556. The second kappa shape index (κ2) is 7.48. The van der Waals surface area contributed by atoms with Gasteiger partial charge in [0.2, 0.25) is 5.95 Å². The van der Waals surface area contributed by atoms with E-state index in [1.807, 2.05) is 48.8 Å². The van der Waals surface area contributed by atoms with E-state index in [-0.39, 0.29) is 6.04 Å². The van der Waals surface area contributed by atoms with Crippen molar-refractivity contribution in [1.29, 1.82) is 0 Å². The first-order valence-corrected chi connectivity index (χ1v) is 9.76. The van der Waals surface area contributed by atoms with Crippen molar-refractivity contribution in [3.8, 4) is 11.4 Å². The first-order chi connectivity index (χ1) is 14.3. The van der Waals surface area contributed by atoms with Crippen LogP contribution in [-0.4, -0.2) is 43.7 Å². The van der Waals surface area contributed by atoms with Crippen molar-refractivity contribution in [2.45, 2.75) is 18.9 Å². The number of aromatic nitrogens is 5. The first-order valence-electron chi connectivity index (χ1n) is 9.76. The smallest absolute Gasteiger partial charge is 0.229 e. The van der Waals surface area contributed by atoms with Gasteiger partial charge in [0, 0.05) is 31.5 Å². The Labute approximate surface area is 168 Å². The van der Waals surface area contributed by atoms with Crippen molar-refractivity contribution < 1.29 is 0 Å². The molecule has 5 rings (SSSR count). The summed E-state index contributed by atoms with van der Waals surface area (Å²) in [5, 5.41) is 8.14. The van der Waals surface area contributed by atoms with Gasteiger partial charge >= 0.3 is 0 Å². The molecule has 8 heteroatoms. The Morgan fingerprint density at radius 2 is 1.97 bits per heavy atom. The van der Waals surface area contributed by atoms with Crippen LogP contribution < -0.4 is 16.0 Å². The van der Waals surface area contributed by atoms with Gasteiger partial charge in [-0.3, -0.25) is 9.97 Å². The molecule has 0 aliphatic carbocycles. The number of nitrogens with two attached hydrogens (primary N) is 1. The average Bonchev–Trinajstić information content (AvgIpc) is 3.17. The Bertz CT molecular complexity index is 1120. The molecule has 0 aromatic carbocycles. The Morgan fingerprint density at radius 3 is 2.83 bits per heavy atom. The Morgan fingerprint density at radius 1 is 1.00 bits per heavy atom. The molecule has 0 saturated carbocycles. The Balaban J connectivity index is 1.50. The fraction of sp³-hybridized carbons (Fsp3) is 0.238. The maximum atomic E-state index is 6.18. The summed E-state index contributed by atoms with van der Waals surface area (Å²) < 4.78 is 1.79. The van der Waals surface area contributed by atoms with Crippen LogP contribution in [0.2, 0.25) is 0 Å². The summed E-state index contributed by atoms with van der Waals surface area (Å²) in [6.07, 6.45) is 9.34. The molecule has 8 nitrogen and oxygen atoms in total. The summed E-state index contributed by atoms with van der Waals surface area (Å²) in [6.45, 7) is 1.82. The maximum absolute atomic E-state index is 6.18. The van der Waals surface area contributed by atoms with Crippen LogP contribution in [0.25, 0.3) is 16.9 Å². The minimum absolute atomic E-state index is 0.194. The molecule has 146 valence electrons. The molecule has 1 atom stereocenters. The minimum atomic E-state index is 0.194. The molecule has 1 fully saturated rings. The van der Waals surface area contributed by atoms with Crippen molar-refractivity contribution in [3.63, 3.8) is 0 Å². The molecule has 0 bridgehead atoms. The lowest BCUT2D eigenvalue weighted by atomic mass is 10.1. The third kappa shape index (κ3) is 3.50. The zero-order valence-corrected chi connectivity index (χ0v) is 15.9. The number of piperidine rings is 1. The van der Waals surface area contributed by atoms with Crippen molar-refractivity contribution >= 4 is 22.8 Å². The molecule has 1 saturated heterocycles. The van der Waals surface area contributed by atoms with Gasteiger partial charge < -0.3 is 16.0 Å². The predicted octanol–water partition coefficient (Wildman–Crippen LogP) is 2.86. The maximum Gasteiger partial charge on any atom is 0.229 e. The van der Waals surface area contributed by atoms with Gasteiger partial charge in [-0.25, -0.2) is 4.98 Å². The zero-order chi connectivity index (χ0) is 19.6. The van der Waals surface area contributed by atoms with E-state index in [0.717, 1.165) is 54.2 Å². The molecular weight excluding hydrogens is 364 g/mol. The van der Waals surface area contributed by atoms with Crippen LogP contribution >= 0.6 is 0 Å². The summed E-state index contributed by atoms with van der Waals surface area (Å²) in [6, 6.07) is 11.9. The monoisotopic (exact) mass is 386 g/mol. The van der Waals surface area contributed by atoms with Gasteiger partial charge in [-0.1, -0.05) is 6.07 Å². The molecule has 0 radical (unpaired) electrons. The third-order valence-corrected chi connectivity index (χ3v) is 5.15. The van der Waals surface area contributed by atoms with Crippen molar-refractivity contribution in [1.82, 2.24) is 24.6 Å². The van der Waals surface area contributed by atoms with E-state index in [1.165, 1.54) is 0 Å². The van der Waals surface area contributed by atoms with Gasteiger partial charge in [0.05, 0.1) is 35.0 Å². The first kappa shape index (κ1) is 17.6. The number of pyridine rings is 2. The molecular formula is C21H22N8. The highest BCUT2D eigenvalue weighted by Crippen LogP contribution is 2.29. The lowest BCUT2D eigenvalue weighted by Gasteiger charge is -2.33. The van der Waals surface area contributed by atoms with Crippen LogP contribution in [0.1, 0.15) is 12.8 Å². The summed E-state index contributed by atoms with van der Waals surface area (Å²) in [5.41, 5.74) is 10.7. The lowest BCUT2D eigenvalue weighted by molar-refractivity contribution is 0.506. The molecule has 29 heavy (non-hydrogen) atoms. The standard InChI is InChI=1S/C21H22N8/c22-15-4-3-11-28(14-15)20-8-10-23-13-19(20)26-21-25-12-16-6-7-18(27-29(16)21)17-5-1-2-9-24-17/h1-2,5-10,12-13,15H,3-4,11,14,22H2,(H,25,26). The van der Waals surface area contributed by atoms with Gasteiger partial charge in [0.25, 0.3) is 0 Å². The van der Waals surface area contributed by atoms with Gasteiger partial charge in [-0.2, -0.15) is 9.61 Å². The molecule has 1 aliphatic heterocycles. The molecule has 0 spiro atoms. The number of fused-ring (bicyclic) bond motifs is 1. The van der Waals surface area contributed by atoms with E-state index < -0.39 is 0 Å². The van der Waals surface area contributed by atoms with Crippen LogP contribution in [0.15, 0.2) is 61.2 Å². The van der Waals surface area contributed by atoms with Crippen LogP contribution in [0.4, 0.5) is 17.3 Å². The molecule has 1 unspecified atom stereocenters. The highest BCUT2D eigenvalue weighted by Gasteiger charge is 2.20. The summed E-state index contributed by atoms with van der Waals surface area (Å²) in [5.74, 6) is 0.633. The van der Waals surface area contributed by atoms with E-state index in [2.05, 4.69) is 25.2 Å². The van der Waals surface area contributed by atoms with E-state index in [4.69, 9.17) is 10.8 Å². The summed E-state index contributed by atoms with van der Waals surface area (Å²) in [4.78, 5) is 15.5. The van der Waals surface area contributed by atoms with E-state index in [0.29, 0.717) is 5.95 Å². The molecule has 3 N–H and O–H groups in total. The zero-order valence-electron chi connectivity index (χ0n) is 15.9. The fourth-order valence-corrected chi connectivity index (χ4v) is 3.73. The number of nitrogens with one attached hydrogen (secondary N) is 1. The second-order valence-corrected chi connectivity index (χ2v) is 7.22. The molecule has 4 aromatic rings. The predicted molar refractivity (Wildman–Crippen MR) is 113 cm³/mol. The molecule has 0 amide bonds. The fourth-order valence-electron chi connectivity index (χ4n) is 3.73. The number of hydrogen-bond acceptors (Lipinski definition) is 7. The van der Waals surface area contributed by atoms with E-state index in [1.54, 1.807) is 16.9 Å². The SMILES string of the molecule is NC1CCCN(c2ccncc2Nc2ncc3ccc(-c4ccccn4)nn23)C1. The largest absolute Gasteiger partial charge is 0.368 e. The van der Waals surface area contributed by atoms with Crippen LogP contribution in [-0.2, 0) is 0 Å². The molecule has 4 aromatic heterocycles. The Kier molecular flexibility index (Phi) is 4.53. The van der Waals surface area contributed by atoms with E-state index >= 15 is 0 Å². The van der Waals surface area contributed by atoms with Gasteiger partial charge in [0.1, 0.15) is 5.69 Å². The highest BCUT2D eigenvalue weighted by molar-refractivity contribution is 5.73. The van der Waals surface area contributed by atoms with Crippen molar-refractivity contribution in [2.24, 2.45) is 5.73 Å². The van der Waals surface area contributed by atoms with Crippen LogP contribution in [0.5, 0.6) is 0 Å². The Hall–Kier alpha value is -3.52. The number of rotatable bonds is 4. The molecule has 1 aliphatic rings. The van der Waals surface area contributed by atoms with Crippen LogP contribution in [0, 0.1) is 0 Å². The van der Waals surface area contributed by atoms with Gasteiger partial charge in [0.15, 0.2) is 0 Å². The summed E-state index contributed by atoms with van der Waals surface area (Å²) >= 11 is 0. The highest BCUT2D eigenvalue weighted by atomic mass is 15.3. The lowest BCUT2D eigenvalue weighted by Crippen LogP contribution is -2.43. The summed E-state index contributed by atoms with van der Waals surface area (Å²) in [7, 11) is 0. The van der Waals surface area contributed by atoms with Crippen LogP contribution in [0.3, 0.4) is 0 Å². The van der Waals surface area contributed by atoms with Crippen molar-refractivity contribution in [2.75, 3.05) is 23.3 Å². The normalized spacial score (nSPS) is 16.9. The van der Waals surface area contributed by atoms with Gasteiger partial charge in [-0.15, -0.1) is 0 Å². The number of nitrogens with zero attached hydrogens (tertiary/aromatic N) is 6.